The second kappa shape index (κ2) is 7.10. The SMILES string of the molecule is O=C(O)c1ccc(O)c([N+](=O)[O-])c1.Oc1cccc2ccccc12. The van der Waals surface area contributed by atoms with Gasteiger partial charge in [-0.15, -0.1) is 0 Å². The highest BCUT2D eigenvalue weighted by Gasteiger charge is 2.15. The summed E-state index contributed by atoms with van der Waals surface area (Å²) in [5.74, 6) is -1.47. The van der Waals surface area contributed by atoms with Crippen LogP contribution in [-0.2, 0) is 0 Å². The lowest BCUT2D eigenvalue weighted by atomic mass is 10.1. The van der Waals surface area contributed by atoms with Crippen molar-refractivity contribution in [1.29, 1.82) is 0 Å². The fourth-order valence-corrected chi connectivity index (χ4v) is 2.01. The summed E-state index contributed by atoms with van der Waals surface area (Å²) in [6.45, 7) is 0. The highest BCUT2D eigenvalue weighted by atomic mass is 16.6. The van der Waals surface area contributed by atoms with Gasteiger partial charge in [0.1, 0.15) is 5.75 Å². The maximum atomic E-state index is 10.4. The van der Waals surface area contributed by atoms with E-state index in [1.165, 1.54) is 0 Å². The first-order valence-corrected chi connectivity index (χ1v) is 6.77. The molecule has 122 valence electrons. The molecule has 0 saturated heterocycles. The first kappa shape index (κ1) is 16.8. The molecule has 7 nitrogen and oxygen atoms in total. The lowest BCUT2D eigenvalue weighted by molar-refractivity contribution is -0.385. The maximum absolute atomic E-state index is 10.4. The van der Waals surface area contributed by atoms with Gasteiger partial charge in [-0.25, -0.2) is 4.79 Å². The molecule has 0 atom stereocenters. The zero-order valence-corrected chi connectivity index (χ0v) is 12.3. The fraction of sp³-hybridized carbons (Fsp3) is 0. The summed E-state index contributed by atoms with van der Waals surface area (Å²) in [7, 11) is 0. The number of aromatic hydroxyl groups is 2. The van der Waals surface area contributed by atoms with Crippen molar-refractivity contribution in [1.82, 2.24) is 0 Å². The number of benzene rings is 3. The molecule has 0 fully saturated rings. The third-order valence-corrected chi connectivity index (χ3v) is 3.19. The van der Waals surface area contributed by atoms with Gasteiger partial charge >= 0.3 is 11.7 Å². The number of hydrogen-bond donors (Lipinski definition) is 3. The summed E-state index contributed by atoms with van der Waals surface area (Å²) in [5, 5.41) is 39.0. The van der Waals surface area contributed by atoms with Crippen molar-refractivity contribution in [3.63, 3.8) is 0 Å². The number of hydrogen-bond acceptors (Lipinski definition) is 5. The Hall–Kier alpha value is -3.61. The molecule has 0 amide bonds. The van der Waals surface area contributed by atoms with E-state index in [9.17, 15) is 20.0 Å². The third kappa shape index (κ3) is 3.77. The van der Waals surface area contributed by atoms with Crippen LogP contribution in [0.5, 0.6) is 11.5 Å². The van der Waals surface area contributed by atoms with Gasteiger partial charge in [0.15, 0.2) is 5.75 Å². The summed E-state index contributed by atoms with van der Waals surface area (Å²) in [6.07, 6.45) is 0. The van der Waals surface area contributed by atoms with E-state index in [4.69, 9.17) is 10.2 Å². The lowest BCUT2D eigenvalue weighted by Gasteiger charge is -1.97. The van der Waals surface area contributed by atoms with E-state index >= 15 is 0 Å². The van der Waals surface area contributed by atoms with Crippen LogP contribution >= 0.6 is 0 Å². The number of nitrogens with zero attached hydrogens (tertiary/aromatic N) is 1. The number of rotatable bonds is 2. The molecule has 0 heterocycles. The Balaban J connectivity index is 0.000000175. The second-order valence-corrected chi connectivity index (χ2v) is 4.76. The number of carbonyl (C=O) groups is 1. The first-order valence-electron chi connectivity index (χ1n) is 6.77. The van der Waals surface area contributed by atoms with Crippen LogP contribution in [0.15, 0.2) is 60.7 Å². The molecule has 0 bridgehead atoms. The summed E-state index contributed by atoms with van der Waals surface area (Å²) < 4.78 is 0. The second-order valence-electron chi connectivity index (χ2n) is 4.76. The average Bonchev–Trinajstić information content (AvgIpc) is 2.56. The molecular formula is C17H13NO6. The van der Waals surface area contributed by atoms with Gasteiger partial charge in [0.05, 0.1) is 10.5 Å². The van der Waals surface area contributed by atoms with Crippen molar-refractivity contribution in [3.8, 4) is 11.5 Å². The number of nitro groups is 1. The van der Waals surface area contributed by atoms with Crippen LogP contribution in [0.4, 0.5) is 5.69 Å². The van der Waals surface area contributed by atoms with E-state index in [1.807, 2.05) is 36.4 Å². The Morgan fingerprint density at radius 1 is 0.917 bits per heavy atom. The summed E-state index contributed by atoms with van der Waals surface area (Å²) >= 11 is 0. The van der Waals surface area contributed by atoms with Crippen LogP contribution < -0.4 is 0 Å². The van der Waals surface area contributed by atoms with Crippen LogP contribution in [0.25, 0.3) is 10.8 Å². The van der Waals surface area contributed by atoms with Gasteiger partial charge in [-0.3, -0.25) is 10.1 Å². The Morgan fingerprint density at radius 3 is 2.21 bits per heavy atom. The van der Waals surface area contributed by atoms with Crippen LogP contribution in [0.1, 0.15) is 10.4 Å². The molecule has 0 spiro atoms. The average molecular weight is 327 g/mol. The summed E-state index contributed by atoms with van der Waals surface area (Å²) in [6, 6.07) is 16.2. The fourth-order valence-electron chi connectivity index (χ4n) is 2.01. The molecule has 0 aliphatic heterocycles. The minimum absolute atomic E-state index is 0.232. The van der Waals surface area contributed by atoms with Gasteiger partial charge in [-0.2, -0.15) is 0 Å². The molecule has 3 rings (SSSR count). The molecule has 0 aliphatic rings. The molecular weight excluding hydrogens is 314 g/mol. The van der Waals surface area contributed by atoms with E-state index < -0.39 is 22.3 Å². The van der Waals surface area contributed by atoms with Crippen LogP contribution in [0.3, 0.4) is 0 Å². The monoisotopic (exact) mass is 327 g/mol. The van der Waals surface area contributed by atoms with Gasteiger partial charge in [0.2, 0.25) is 0 Å². The van der Waals surface area contributed by atoms with Gasteiger partial charge in [-0.05, 0) is 23.6 Å². The zero-order chi connectivity index (χ0) is 17.7. The number of carboxylic acids is 1. The van der Waals surface area contributed by atoms with E-state index in [2.05, 4.69) is 0 Å². The molecule has 0 radical (unpaired) electrons. The van der Waals surface area contributed by atoms with Gasteiger partial charge in [-0.1, -0.05) is 36.4 Å². The standard InChI is InChI=1S/C10H8O.C7H5NO5/c11-10-7-3-5-8-4-1-2-6-9(8)10;9-6-2-1-4(7(10)11)3-5(6)8(12)13/h1-7,11H;1-3,9H,(H,10,11). The molecule has 0 aromatic heterocycles. The van der Waals surface area contributed by atoms with Crippen molar-refractivity contribution in [2.45, 2.75) is 0 Å². The first-order chi connectivity index (χ1) is 11.4. The molecule has 3 N–H and O–H groups in total. The normalized spacial score (nSPS) is 9.83. The molecule has 7 heteroatoms. The summed E-state index contributed by atoms with van der Waals surface area (Å²) in [5.41, 5.74) is -0.843. The lowest BCUT2D eigenvalue weighted by Crippen LogP contribution is -1.97. The van der Waals surface area contributed by atoms with E-state index in [0.29, 0.717) is 5.75 Å². The number of fused-ring (bicyclic) bond motifs is 1. The number of nitro benzene ring substituents is 1. The van der Waals surface area contributed by atoms with Gasteiger partial charge in [0, 0.05) is 11.5 Å². The number of carboxylic acid groups (broad SMARTS) is 1. The Bertz CT molecular complexity index is 901. The maximum Gasteiger partial charge on any atom is 0.335 e. The highest BCUT2D eigenvalue weighted by molar-refractivity contribution is 5.89. The van der Waals surface area contributed by atoms with Crippen molar-refractivity contribution >= 4 is 22.4 Å². The number of phenolic OH excluding ortho intramolecular Hbond substituents is 2. The van der Waals surface area contributed by atoms with Crippen molar-refractivity contribution < 1.29 is 25.0 Å². The molecule has 3 aromatic rings. The van der Waals surface area contributed by atoms with Crippen LogP contribution in [-0.4, -0.2) is 26.2 Å². The highest BCUT2D eigenvalue weighted by Crippen LogP contribution is 2.26. The van der Waals surface area contributed by atoms with Crippen molar-refractivity contribution in [2.24, 2.45) is 0 Å². The van der Waals surface area contributed by atoms with Crippen LogP contribution in [0.2, 0.25) is 0 Å². The van der Waals surface area contributed by atoms with E-state index in [1.54, 1.807) is 6.07 Å². The summed E-state index contributed by atoms with van der Waals surface area (Å²) in [4.78, 5) is 19.8. The largest absolute Gasteiger partial charge is 0.507 e. The molecule has 0 aliphatic carbocycles. The predicted octanol–water partition coefficient (Wildman–Crippen LogP) is 3.54. The van der Waals surface area contributed by atoms with Gasteiger partial charge in [0.25, 0.3) is 0 Å². The molecule has 24 heavy (non-hydrogen) atoms. The molecule has 3 aromatic carbocycles. The van der Waals surface area contributed by atoms with Crippen LogP contribution in [0, 0.1) is 10.1 Å². The number of phenols is 2. The van der Waals surface area contributed by atoms with Gasteiger partial charge < -0.3 is 15.3 Å². The topological polar surface area (TPSA) is 121 Å². The van der Waals surface area contributed by atoms with E-state index in [0.717, 1.165) is 29.0 Å². The third-order valence-electron chi connectivity index (χ3n) is 3.19. The zero-order valence-electron chi connectivity index (χ0n) is 12.3. The van der Waals surface area contributed by atoms with E-state index in [-0.39, 0.29) is 5.56 Å². The predicted molar refractivity (Wildman–Crippen MR) is 87.3 cm³/mol. The Labute approximate surface area is 136 Å². The Morgan fingerprint density at radius 2 is 1.58 bits per heavy atom. The number of aromatic carboxylic acids is 1. The molecule has 0 unspecified atom stereocenters. The molecule has 0 saturated carbocycles. The minimum Gasteiger partial charge on any atom is -0.507 e. The smallest absolute Gasteiger partial charge is 0.335 e. The Kier molecular flexibility index (Phi) is 4.96. The van der Waals surface area contributed by atoms with Crippen molar-refractivity contribution in [3.05, 3.63) is 76.3 Å². The van der Waals surface area contributed by atoms with Crippen molar-refractivity contribution in [2.75, 3.05) is 0 Å². The minimum atomic E-state index is -1.27. The quantitative estimate of drug-likeness (QED) is 0.489.